The lowest BCUT2D eigenvalue weighted by atomic mass is 9.97. The number of nitrogen functional groups attached to an aromatic ring is 1. The fraction of sp³-hybridized carbons (Fsp3) is 0.600. The number of hydrogen-bond donors (Lipinski definition) is 1. The van der Waals surface area contributed by atoms with Crippen molar-refractivity contribution in [3.8, 4) is 0 Å². The molecule has 1 aliphatic heterocycles. The fourth-order valence-electron chi connectivity index (χ4n) is 3.25. The Morgan fingerprint density at radius 3 is 2.76 bits per heavy atom. The van der Waals surface area contributed by atoms with Gasteiger partial charge in [0.05, 0.1) is 10.6 Å². The fourth-order valence-corrected chi connectivity index (χ4v) is 7.21. The SMILES string of the molecule is CC1SCCSC1c1nc(N)c2c3c(sc2n1)CCCC3. The standard InChI is InChI=1S/C15H19N3S3/c1-8-12(20-7-6-19-8)14-17-13(16)11-9-4-2-3-5-10(9)21-15(11)18-14/h8,12H,2-7H2,1H3,(H2,16,17,18). The first-order valence-electron chi connectivity index (χ1n) is 7.55. The summed E-state index contributed by atoms with van der Waals surface area (Å²) in [4.78, 5) is 12.2. The van der Waals surface area contributed by atoms with Gasteiger partial charge in [0.25, 0.3) is 0 Å². The third-order valence-corrected chi connectivity index (χ3v) is 8.57. The number of rotatable bonds is 1. The van der Waals surface area contributed by atoms with Gasteiger partial charge in [-0.15, -0.1) is 23.1 Å². The Bertz CT molecular complexity index is 682. The predicted molar refractivity (Wildman–Crippen MR) is 95.6 cm³/mol. The monoisotopic (exact) mass is 337 g/mol. The third-order valence-electron chi connectivity index (χ3n) is 4.30. The highest BCUT2D eigenvalue weighted by molar-refractivity contribution is 8.06. The van der Waals surface area contributed by atoms with Gasteiger partial charge < -0.3 is 5.73 Å². The van der Waals surface area contributed by atoms with Crippen LogP contribution >= 0.6 is 34.9 Å². The summed E-state index contributed by atoms with van der Waals surface area (Å²) in [6.07, 6.45) is 4.90. The molecule has 0 aromatic carbocycles. The van der Waals surface area contributed by atoms with Crippen molar-refractivity contribution < 1.29 is 0 Å². The summed E-state index contributed by atoms with van der Waals surface area (Å²) >= 11 is 5.85. The van der Waals surface area contributed by atoms with E-state index in [1.807, 2.05) is 34.9 Å². The lowest BCUT2D eigenvalue weighted by Crippen LogP contribution is -2.18. The van der Waals surface area contributed by atoms with Crippen molar-refractivity contribution in [1.29, 1.82) is 0 Å². The molecule has 2 aliphatic rings. The molecule has 1 aliphatic carbocycles. The molecular weight excluding hydrogens is 318 g/mol. The minimum absolute atomic E-state index is 0.384. The molecule has 0 amide bonds. The maximum Gasteiger partial charge on any atom is 0.146 e. The number of hydrogen-bond acceptors (Lipinski definition) is 6. The van der Waals surface area contributed by atoms with Gasteiger partial charge in [-0.2, -0.15) is 11.8 Å². The average molecular weight is 338 g/mol. The second-order valence-electron chi connectivity index (χ2n) is 5.73. The van der Waals surface area contributed by atoms with E-state index >= 15 is 0 Å². The van der Waals surface area contributed by atoms with E-state index in [0.29, 0.717) is 16.3 Å². The molecule has 3 nitrogen and oxygen atoms in total. The van der Waals surface area contributed by atoms with Crippen molar-refractivity contribution in [2.45, 2.75) is 43.1 Å². The Labute approximate surface area is 137 Å². The average Bonchev–Trinajstić information content (AvgIpc) is 2.86. The van der Waals surface area contributed by atoms with Crippen LogP contribution in [0, 0.1) is 0 Å². The number of anilines is 1. The van der Waals surface area contributed by atoms with Crippen LogP contribution in [0.1, 0.15) is 41.3 Å². The van der Waals surface area contributed by atoms with E-state index < -0.39 is 0 Å². The largest absolute Gasteiger partial charge is 0.383 e. The lowest BCUT2D eigenvalue weighted by Gasteiger charge is -2.26. The molecule has 2 aromatic rings. The molecule has 0 radical (unpaired) electrons. The Balaban J connectivity index is 1.82. The summed E-state index contributed by atoms with van der Waals surface area (Å²) in [5.74, 6) is 4.07. The van der Waals surface area contributed by atoms with Gasteiger partial charge in [0.2, 0.25) is 0 Å². The highest BCUT2D eigenvalue weighted by Crippen LogP contribution is 2.43. The molecule has 2 N–H and O–H groups in total. The van der Waals surface area contributed by atoms with Crippen LogP contribution in [0.2, 0.25) is 0 Å². The number of nitrogens with zero attached hydrogens (tertiary/aromatic N) is 2. The summed E-state index contributed by atoms with van der Waals surface area (Å²) in [6.45, 7) is 2.28. The quantitative estimate of drug-likeness (QED) is 0.850. The Hall–Kier alpha value is -0.460. The van der Waals surface area contributed by atoms with E-state index in [1.54, 1.807) is 0 Å². The number of thioether (sulfide) groups is 2. The minimum atomic E-state index is 0.384. The van der Waals surface area contributed by atoms with Gasteiger partial charge in [0, 0.05) is 21.6 Å². The molecule has 0 spiro atoms. The molecule has 21 heavy (non-hydrogen) atoms. The maximum atomic E-state index is 6.32. The van der Waals surface area contributed by atoms with Gasteiger partial charge in [-0.05, 0) is 31.2 Å². The van der Waals surface area contributed by atoms with E-state index in [4.69, 9.17) is 15.7 Å². The highest BCUT2D eigenvalue weighted by Gasteiger charge is 2.28. The number of nitrogens with two attached hydrogens (primary N) is 1. The zero-order valence-electron chi connectivity index (χ0n) is 12.1. The van der Waals surface area contributed by atoms with Crippen LogP contribution in [0.15, 0.2) is 0 Å². The van der Waals surface area contributed by atoms with Gasteiger partial charge in [-0.1, -0.05) is 6.92 Å². The second kappa shape index (κ2) is 5.63. The number of fused-ring (bicyclic) bond motifs is 3. The first-order valence-corrected chi connectivity index (χ1v) is 10.5. The van der Waals surface area contributed by atoms with E-state index in [2.05, 4.69) is 6.92 Å². The first kappa shape index (κ1) is 14.2. The third kappa shape index (κ3) is 2.45. The summed E-state index contributed by atoms with van der Waals surface area (Å²) < 4.78 is 0. The Kier molecular flexibility index (Phi) is 3.79. The summed E-state index contributed by atoms with van der Waals surface area (Å²) in [7, 11) is 0. The van der Waals surface area contributed by atoms with E-state index in [9.17, 15) is 0 Å². The predicted octanol–water partition coefficient (Wildman–Crippen LogP) is 4.06. The van der Waals surface area contributed by atoms with Crippen molar-refractivity contribution in [2.24, 2.45) is 0 Å². The lowest BCUT2D eigenvalue weighted by molar-refractivity contribution is 0.700. The summed E-state index contributed by atoms with van der Waals surface area (Å²) in [5, 5.41) is 2.10. The smallest absolute Gasteiger partial charge is 0.146 e. The molecular formula is C15H19N3S3. The van der Waals surface area contributed by atoms with Crippen molar-refractivity contribution in [3.05, 3.63) is 16.3 Å². The van der Waals surface area contributed by atoms with Crippen molar-refractivity contribution in [1.82, 2.24) is 9.97 Å². The molecule has 6 heteroatoms. The molecule has 1 saturated heterocycles. The highest BCUT2D eigenvalue weighted by atomic mass is 32.2. The molecule has 2 unspecified atom stereocenters. The van der Waals surface area contributed by atoms with Crippen LogP contribution in [-0.2, 0) is 12.8 Å². The van der Waals surface area contributed by atoms with Gasteiger partial charge in [-0.3, -0.25) is 0 Å². The minimum Gasteiger partial charge on any atom is -0.383 e. The molecule has 3 heterocycles. The normalized spacial score (nSPS) is 26.0. The van der Waals surface area contributed by atoms with Gasteiger partial charge >= 0.3 is 0 Å². The van der Waals surface area contributed by atoms with Crippen LogP contribution in [0.5, 0.6) is 0 Å². The molecule has 0 bridgehead atoms. The van der Waals surface area contributed by atoms with Crippen LogP contribution in [0.4, 0.5) is 5.82 Å². The molecule has 4 rings (SSSR count). The van der Waals surface area contributed by atoms with Gasteiger partial charge in [0.15, 0.2) is 0 Å². The van der Waals surface area contributed by atoms with Crippen LogP contribution in [-0.4, -0.2) is 26.7 Å². The summed E-state index contributed by atoms with van der Waals surface area (Å²) in [5.41, 5.74) is 7.75. The van der Waals surface area contributed by atoms with Crippen molar-refractivity contribution in [2.75, 3.05) is 17.2 Å². The Morgan fingerprint density at radius 2 is 1.90 bits per heavy atom. The summed E-state index contributed by atoms with van der Waals surface area (Å²) in [6, 6.07) is 0. The Morgan fingerprint density at radius 1 is 1.10 bits per heavy atom. The van der Waals surface area contributed by atoms with E-state index in [0.717, 1.165) is 22.5 Å². The van der Waals surface area contributed by atoms with Crippen LogP contribution < -0.4 is 5.73 Å². The molecule has 1 fully saturated rings. The molecule has 0 saturated carbocycles. The van der Waals surface area contributed by atoms with Crippen molar-refractivity contribution in [3.63, 3.8) is 0 Å². The topological polar surface area (TPSA) is 51.8 Å². The zero-order valence-corrected chi connectivity index (χ0v) is 14.5. The molecule has 112 valence electrons. The number of aryl methyl sites for hydroxylation is 2. The van der Waals surface area contributed by atoms with E-state index in [1.165, 1.54) is 41.2 Å². The zero-order chi connectivity index (χ0) is 14.4. The maximum absolute atomic E-state index is 6.32. The van der Waals surface area contributed by atoms with Crippen LogP contribution in [0.25, 0.3) is 10.2 Å². The molecule has 2 atom stereocenters. The van der Waals surface area contributed by atoms with Gasteiger partial charge in [0.1, 0.15) is 16.5 Å². The second-order valence-corrected chi connectivity index (χ2v) is 9.54. The van der Waals surface area contributed by atoms with Crippen molar-refractivity contribution >= 4 is 50.9 Å². The van der Waals surface area contributed by atoms with Crippen LogP contribution in [0.3, 0.4) is 0 Å². The number of thiophene rings is 1. The molecule has 2 aromatic heterocycles. The van der Waals surface area contributed by atoms with Gasteiger partial charge in [-0.25, -0.2) is 9.97 Å². The van der Waals surface area contributed by atoms with E-state index in [-0.39, 0.29) is 0 Å². The first-order chi connectivity index (χ1) is 10.2. The number of aromatic nitrogens is 2.